The molecule has 0 saturated heterocycles. The largest absolute Gasteiger partial charge is 0.488 e. The molecule has 3 aliphatic carbocycles. The van der Waals surface area contributed by atoms with Crippen LogP contribution in [0.3, 0.4) is 0 Å². The average Bonchev–Trinajstić information content (AvgIpc) is 2.84. The molecule has 1 aromatic rings. The van der Waals surface area contributed by atoms with Gasteiger partial charge in [-0.25, -0.2) is 8.78 Å². The smallest absolute Gasteiger partial charge is 0.481 e. The maximum atomic E-state index is 15.0. The minimum absolute atomic E-state index is 0.0565. The summed E-state index contributed by atoms with van der Waals surface area (Å²) in [5, 5.41) is 27.9. The molecule has 0 bridgehead atoms. The van der Waals surface area contributed by atoms with E-state index in [4.69, 9.17) is 5.11 Å². The number of benzene rings is 1. The van der Waals surface area contributed by atoms with Gasteiger partial charge in [-0.15, -0.1) is 0 Å². The van der Waals surface area contributed by atoms with Crippen LogP contribution in [0.4, 0.5) is 8.78 Å². The molecule has 1 aromatic carbocycles. The number of aryl methyl sites for hydroxylation is 1. The Kier molecular flexibility index (Phi) is 4.82. The van der Waals surface area contributed by atoms with Crippen molar-refractivity contribution in [3.63, 3.8) is 0 Å². The summed E-state index contributed by atoms with van der Waals surface area (Å²) in [6, 6.07) is 5.48. The van der Waals surface area contributed by atoms with Crippen molar-refractivity contribution in [1.29, 1.82) is 0 Å². The molecule has 3 N–H and O–H groups in total. The van der Waals surface area contributed by atoms with Gasteiger partial charge in [0.05, 0.1) is 0 Å². The van der Waals surface area contributed by atoms with Gasteiger partial charge in [-0.05, 0) is 72.4 Å². The van der Waals surface area contributed by atoms with E-state index >= 15 is 8.78 Å². The number of carboxylic acids is 1. The zero-order valence-electron chi connectivity index (χ0n) is 16.1. The van der Waals surface area contributed by atoms with Gasteiger partial charge in [0.2, 0.25) is 0 Å². The van der Waals surface area contributed by atoms with Crippen molar-refractivity contribution in [3.05, 3.63) is 29.3 Å². The van der Waals surface area contributed by atoms with Crippen molar-refractivity contribution in [2.75, 3.05) is 0 Å². The van der Waals surface area contributed by atoms with Gasteiger partial charge >= 0.3 is 13.1 Å². The Morgan fingerprint density at radius 3 is 2.71 bits per heavy atom. The lowest BCUT2D eigenvalue weighted by atomic mass is 9.53. The van der Waals surface area contributed by atoms with E-state index in [1.807, 2.05) is 12.1 Å². The summed E-state index contributed by atoms with van der Waals surface area (Å²) >= 11 is 0. The standard InChI is InChI=1S/C21H27BF2O4/c1-20-9-8-16-15-6-4-14(22(27)28)10-12(15)2-5-17(16)19(20)13(3-7-18(25)26)11-21(20,23)24/h4,6,10,13,16-17,19,27-28H,2-3,5,7-9,11H2,1H3,(H,25,26)/t13-,16-,17-,19+,20+/m1/s1. The molecule has 2 saturated carbocycles. The Bertz CT molecular complexity index is 784. The van der Waals surface area contributed by atoms with Gasteiger partial charge in [0.1, 0.15) is 0 Å². The highest BCUT2D eigenvalue weighted by Gasteiger charge is 2.67. The first-order chi connectivity index (χ1) is 13.1. The fourth-order valence-electron chi connectivity index (χ4n) is 6.59. The minimum Gasteiger partial charge on any atom is -0.481 e. The van der Waals surface area contributed by atoms with Gasteiger partial charge < -0.3 is 15.2 Å². The minimum atomic E-state index is -2.75. The number of carbonyl (C=O) groups is 1. The molecular formula is C21H27BF2O4. The molecule has 2 fully saturated rings. The van der Waals surface area contributed by atoms with Crippen molar-refractivity contribution < 1.29 is 28.7 Å². The molecule has 0 radical (unpaired) electrons. The van der Waals surface area contributed by atoms with Crippen LogP contribution in [-0.4, -0.2) is 34.2 Å². The highest BCUT2D eigenvalue weighted by atomic mass is 19.3. The number of hydrogen-bond acceptors (Lipinski definition) is 3. The lowest BCUT2D eigenvalue weighted by Crippen LogP contribution is -2.47. The Labute approximate surface area is 164 Å². The molecule has 4 rings (SSSR count). The van der Waals surface area contributed by atoms with Crippen LogP contribution in [0.15, 0.2) is 18.2 Å². The second kappa shape index (κ2) is 6.80. The van der Waals surface area contributed by atoms with E-state index in [2.05, 4.69) is 0 Å². The van der Waals surface area contributed by atoms with Crippen molar-refractivity contribution in [3.8, 4) is 0 Å². The third-order valence-corrected chi connectivity index (χ3v) is 7.89. The number of rotatable bonds is 4. The average molecular weight is 392 g/mol. The van der Waals surface area contributed by atoms with Crippen LogP contribution in [0.2, 0.25) is 0 Å². The van der Waals surface area contributed by atoms with Crippen LogP contribution >= 0.6 is 0 Å². The maximum Gasteiger partial charge on any atom is 0.488 e. The third-order valence-electron chi connectivity index (χ3n) is 7.89. The molecule has 7 heteroatoms. The predicted molar refractivity (Wildman–Crippen MR) is 102 cm³/mol. The topological polar surface area (TPSA) is 77.8 Å². The molecule has 4 nitrogen and oxygen atoms in total. The second-order valence-corrected chi connectivity index (χ2v) is 9.22. The molecule has 0 amide bonds. The monoisotopic (exact) mass is 392 g/mol. The lowest BCUT2D eigenvalue weighted by molar-refractivity contribution is -0.137. The van der Waals surface area contributed by atoms with Gasteiger partial charge in [0.25, 0.3) is 5.92 Å². The summed E-state index contributed by atoms with van der Waals surface area (Å²) in [6.45, 7) is 1.72. The van der Waals surface area contributed by atoms with E-state index < -0.39 is 24.4 Å². The summed E-state index contributed by atoms with van der Waals surface area (Å²) in [5.41, 5.74) is 1.64. The summed E-state index contributed by atoms with van der Waals surface area (Å²) in [6.07, 6.45) is 2.73. The zero-order valence-corrected chi connectivity index (χ0v) is 16.1. The van der Waals surface area contributed by atoms with Crippen LogP contribution in [0.5, 0.6) is 0 Å². The van der Waals surface area contributed by atoms with E-state index in [9.17, 15) is 14.8 Å². The van der Waals surface area contributed by atoms with Crippen molar-refractivity contribution in [2.24, 2.45) is 23.2 Å². The quantitative estimate of drug-likeness (QED) is 0.689. The summed E-state index contributed by atoms with van der Waals surface area (Å²) in [5.74, 6) is -3.79. The molecule has 0 unspecified atom stereocenters. The first-order valence-electron chi connectivity index (χ1n) is 10.2. The molecule has 0 aliphatic heterocycles. The Morgan fingerprint density at radius 2 is 2.04 bits per heavy atom. The van der Waals surface area contributed by atoms with Gasteiger partial charge in [-0.1, -0.05) is 25.1 Å². The molecule has 28 heavy (non-hydrogen) atoms. The van der Waals surface area contributed by atoms with Crippen molar-refractivity contribution >= 4 is 18.6 Å². The number of fused-ring (bicyclic) bond motifs is 5. The van der Waals surface area contributed by atoms with Crippen molar-refractivity contribution in [2.45, 2.75) is 63.7 Å². The van der Waals surface area contributed by atoms with Crippen LogP contribution in [0.1, 0.15) is 62.5 Å². The number of hydrogen-bond donors (Lipinski definition) is 3. The van der Waals surface area contributed by atoms with E-state index in [0.29, 0.717) is 24.7 Å². The fraction of sp³-hybridized carbons (Fsp3) is 0.667. The first kappa shape index (κ1) is 19.8. The number of halogens is 2. The van der Waals surface area contributed by atoms with Gasteiger partial charge in [0.15, 0.2) is 0 Å². The van der Waals surface area contributed by atoms with Crippen LogP contribution in [-0.2, 0) is 11.2 Å². The lowest BCUT2D eigenvalue weighted by Gasteiger charge is -2.51. The summed E-state index contributed by atoms with van der Waals surface area (Å²) in [7, 11) is -1.51. The Morgan fingerprint density at radius 1 is 1.29 bits per heavy atom. The molecule has 0 aromatic heterocycles. The number of carboxylic acid groups (broad SMARTS) is 1. The van der Waals surface area contributed by atoms with Crippen LogP contribution in [0, 0.1) is 23.2 Å². The molecule has 0 heterocycles. The number of aliphatic carboxylic acids is 1. The van der Waals surface area contributed by atoms with E-state index in [1.165, 1.54) is 0 Å². The van der Waals surface area contributed by atoms with E-state index in [0.717, 1.165) is 24.0 Å². The highest BCUT2D eigenvalue weighted by molar-refractivity contribution is 6.58. The Balaban J connectivity index is 1.67. The van der Waals surface area contributed by atoms with Gasteiger partial charge in [-0.3, -0.25) is 4.79 Å². The van der Waals surface area contributed by atoms with E-state index in [-0.39, 0.29) is 36.5 Å². The Hall–Kier alpha value is -1.47. The summed E-state index contributed by atoms with van der Waals surface area (Å²) < 4.78 is 30.1. The zero-order chi connectivity index (χ0) is 20.3. The first-order valence-corrected chi connectivity index (χ1v) is 10.2. The highest BCUT2D eigenvalue weighted by Crippen LogP contribution is 2.68. The third kappa shape index (κ3) is 2.98. The summed E-state index contributed by atoms with van der Waals surface area (Å²) in [4.78, 5) is 11.1. The predicted octanol–water partition coefficient (Wildman–Crippen LogP) is 2.95. The SMILES string of the molecule is C[C@]12CC[C@@H]3c4ccc(B(O)O)cc4CC[C@H]3[C@@H]1[C@H](CCC(=O)O)CC2(F)F. The van der Waals surface area contributed by atoms with E-state index in [1.54, 1.807) is 13.0 Å². The van der Waals surface area contributed by atoms with Gasteiger partial charge in [-0.2, -0.15) is 0 Å². The van der Waals surface area contributed by atoms with Crippen LogP contribution in [0.25, 0.3) is 0 Å². The fourth-order valence-corrected chi connectivity index (χ4v) is 6.59. The molecule has 5 atom stereocenters. The molecular weight excluding hydrogens is 365 g/mol. The molecule has 0 spiro atoms. The molecule has 3 aliphatic rings. The second-order valence-electron chi connectivity index (χ2n) is 9.22. The van der Waals surface area contributed by atoms with Gasteiger partial charge in [0, 0.05) is 18.3 Å². The van der Waals surface area contributed by atoms with Crippen molar-refractivity contribution in [1.82, 2.24) is 0 Å². The molecule has 152 valence electrons. The number of alkyl halides is 2. The normalized spacial score (nSPS) is 35.6. The maximum absolute atomic E-state index is 15.0. The van der Waals surface area contributed by atoms with Crippen LogP contribution < -0.4 is 5.46 Å².